The Morgan fingerprint density at radius 2 is 2.11 bits per heavy atom. The summed E-state index contributed by atoms with van der Waals surface area (Å²) >= 11 is 0. The summed E-state index contributed by atoms with van der Waals surface area (Å²) in [4.78, 5) is 21.4. The van der Waals surface area contributed by atoms with Gasteiger partial charge in [0.15, 0.2) is 5.69 Å². The number of carbonyl (C=O) groups is 1. The Kier molecular flexibility index (Phi) is 3.04. The second kappa shape index (κ2) is 4.52. The van der Waals surface area contributed by atoms with Gasteiger partial charge in [-0.1, -0.05) is 6.07 Å². The van der Waals surface area contributed by atoms with Crippen molar-refractivity contribution in [3.8, 4) is 5.69 Å². The van der Waals surface area contributed by atoms with Gasteiger partial charge in [-0.25, -0.2) is 9.48 Å². The first kappa shape index (κ1) is 12.7. The van der Waals surface area contributed by atoms with Gasteiger partial charge in [-0.2, -0.15) is 5.10 Å². The van der Waals surface area contributed by atoms with Crippen LogP contribution < -0.4 is 0 Å². The molecule has 1 aromatic carbocycles. The van der Waals surface area contributed by atoms with E-state index in [1.165, 1.54) is 16.9 Å². The number of carboxylic acid groups (broad SMARTS) is 1. The Morgan fingerprint density at radius 1 is 1.42 bits per heavy atom. The Morgan fingerprint density at radius 3 is 2.63 bits per heavy atom. The maximum atomic E-state index is 11.0. The van der Waals surface area contributed by atoms with E-state index >= 15 is 0 Å². The maximum Gasteiger partial charge on any atom is 0.356 e. The first-order chi connectivity index (χ1) is 8.90. The number of hydrogen-bond donors (Lipinski definition) is 1. The van der Waals surface area contributed by atoms with E-state index in [-0.39, 0.29) is 17.1 Å². The van der Waals surface area contributed by atoms with Crippen LogP contribution in [-0.4, -0.2) is 25.8 Å². The Bertz CT molecular complexity index is 676. The first-order valence-electron chi connectivity index (χ1n) is 5.45. The van der Waals surface area contributed by atoms with Crippen molar-refractivity contribution < 1.29 is 14.8 Å². The molecule has 0 aliphatic heterocycles. The van der Waals surface area contributed by atoms with E-state index in [0.717, 1.165) is 5.56 Å². The summed E-state index contributed by atoms with van der Waals surface area (Å²) in [7, 11) is 0. The largest absolute Gasteiger partial charge is 0.476 e. The number of hydrogen-bond acceptors (Lipinski definition) is 4. The predicted octanol–water partition coefficient (Wildman–Crippen LogP) is 2.10. The Hall–Kier alpha value is -2.70. The highest BCUT2D eigenvalue weighted by Crippen LogP contribution is 2.24. The molecule has 98 valence electrons. The van der Waals surface area contributed by atoms with Gasteiger partial charge in [0, 0.05) is 17.8 Å². The zero-order chi connectivity index (χ0) is 14.2. The second-order valence-corrected chi connectivity index (χ2v) is 4.16. The molecular weight excluding hydrogens is 250 g/mol. The third-order valence-corrected chi connectivity index (χ3v) is 2.67. The minimum absolute atomic E-state index is 0.115. The standard InChI is InChI=1S/C12H11N3O4/c1-7-3-4-9(15(18)19)10(5-7)14-6-8(2)11(13-14)12(16)17/h3-6H,1-2H3,(H,16,17). The van der Waals surface area contributed by atoms with E-state index in [0.29, 0.717) is 5.56 Å². The fraction of sp³-hybridized carbons (Fsp3) is 0.167. The summed E-state index contributed by atoms with van der Waals surface area (Å²) in [5.41, 5.74) is 1.29. The van der Waals surface area contributed by atoms with E-state index in [9.17, 15) is 14.9 Å². The van der Waals surface area contributed by atoms with Crippen molar-refractivity contribution in [1.82, 2.24) is 9.78 Å². The molecule has 1 heterocycles. The molecule has 0 radical (unpaired) electrons. The number of benzene rings is 1. The van der Waals surface area contributed by atoms with Gasteiger partial charge in [-0.05, 0) is 25.5 Å². The highest BCUT2D eigenvalue weighted by atomic mass is 16.6. The minimum Gasteiger partial charge on any atom is -0.476 e. The van der Waals surface area contributed by atoms with Crippen LogP contribution in [0.4, 0.5) is 5.69 Å². The molecule has 7 heteroatoms. The lowest BCUT2D eigenvalue weighted by atomic mass is 10.2. The third kappa shape index (κ3) is 2.30. The molecule has 0 saturated heterocycles. The quantitative estimate of drug-likeness (QED) is 0.673. The number of rotatable bonds is 3. The lowest BCUT2D eigenvalue weighted by Gasteiger charge is -2.03. The van der Waals surface area contributed by atoms with Crippen molar-refractivity contribution in [2.75, 3.05) is 0 Å². The van der Waals surface area contributed by atoms with Gasteiger partial charge in [0.25, 0.3) is 5.69 Å². The molecule has 0 fully saturated rings. The first-order valence-corrected chi connectivity index (χ1v) is 5.45. The van der Waals surface area contributed by atoms with Crippen molar-refractivity contribution in [3.05, 3.63) is 51.3 Å². The maximum absolute atomic E-state index is 11.0. The van der Waals surface area contributed by atoms with Crippen molar-refractivity contribution in [2.45, 2.75) is 13.8 Å². The molecule has 1 aromatic heterocycles. The number of nitro groups is 1. The molecule has 2 rings (SSSR count). The molecule has 0 spiro atoms. The smallest absolute Gasteiger partial charge is 0.356 e. The molecule has 0 aliphatic rings. The molecule has 0 atom stereocenters. The summed E-state index contributed by atoms with van der Waals surface area (Å²) in [6.07, 6.45) is 1.46. The van der Waals surface area contributed by atoms with Crippen molar-refractivity contribution in [1.29, 1.82) is 0 Å². The van der Waals surface area contributed by atoms with E-state index in [2.05, 4.69) is 5.10 Å². The van der Waals surface area contributed by atoms with Gasteiger partial charge < -0.3 is 5.11 Å². The van der Waals surface area contributed by atoms with E-state index < -0.39 is 10.9 Å². The van der Waals surface area contributed by atoms with Gasteiger partial charge >= 0.3 is 5.97 Å². The predicted molar refractivity (Wildman–Crippen MR) is 66.7 cm³/mol. The fourth-order valence-corrected chi connectivity index (χ4v) is 1.77. The van der Waals surface area contributed by atoms with Crippen LogP contribution in [0.1, 0.15) is 21.6 Å². The lowest BCUT2D eigenvalue weighted by molar-refractivity contribution is -0.384. The molecular formula is C12H11N3O4. The summed E-state index contributed by atoms with van der Waals surface area (Å²) in [6, 6.07) is 4.59. The molecule has 0 bridgehead atoms. The number of aromatic nitrogens is 2. The van der Waals surface area contributed by atoms with Gasteiger partial charge in [-0.15, -0.1) is 0 Å². The van der Waals surface area contributed by atoms with Crippen LogP contribution in [0.2, 0.25) is 0 Å². The topological polar surface area (TPSA) is 98.3 Å². The van der Waals surface area contributed by atoms with Gasteiger partial charge in [0.1, 0.15) is 5.69 Å². The summed E-state index contributed by atoms with van der Waals surface area (Å²) < 4.78 is 1.23. The number of carboxylic acids is 1. The van der Waals surface area contributed by atoms with Crippen molar-refractivity contribution >= 4 is 11.7 Å². The van der Waals surface area contributed by atoms with Gasteiger partial charge in [-0.3, -0.25) is 10.1 Å². The normalized spacial score (nSPS) is 10.4. The van der Waals surface area contributed by atoms with E-state index in [1.807, 2.05) is 0 Å². The van der Waals surface area contributed by atoms with E-state index in [4.69, 9.17) is 5.11 Å². The van der Waals surface area contributed by atoms with Crippen molar-refractivity contribution in [3.63, 3.8) is 0 Å². The molecule has 0 amide bonds. The summed E-state index contributed by atoms with van der Waals surface area (Å²) in [6.45, 7) is 3.39. The zero-order valence-corrected chi connectivity index (χ0v) is 10.3. The molecule has 2 aromatic rings. The Labute approximate surface area is 108 Å². The van der Waals surface area contributed by atoms with E-state index in [1.54, 1.807) is 26.0 Å². The molecule has 0 unspecified atom stereocenters. The highest BCUT2D eigenvalue weighted by molar-refractivity contribution is 5.87. The van der Waals surface area contributed by atoms with Crippen LogP contribution in [0, 0.1) is 24.0 Å². The molecule has 1 N–H and O–H groups in total. The SMILES string of the molecule is Cc1ccc([N+](=O)[O-])c(-n2cc(C)c(C(=O)O)n2)c1. The third-order valence-electron chi connectivity index (χ3n) is 2.67. The van der Waals surface area contributed by atoms with Gasteiger partial charge in [0.2, 0.25) is 0 Å². The number of aryl methyl sites for hydroxylation is 2. The van der Waals surface area contributed by atoms with Crippen molar-refractivity contribution in [2.24, 2.45) is 0 Å². The van der Waals surface area contributed by atoms with Crippen LogP contribution in [-0.2, 0) is 0 Å². The fourth-order valence-electron chi connectivity index (χ4n) is 1.77. The summed E-state index contributed by atoms with van der Waals surface area (Å²) in [5, 5.41) is 23.8. The molecule has 7 nitrogen and oxygen atoms in total. The second-order valence-electron chi connectivity index (χ2n) is 4.16. The van der Waals surface area contributed by atoms with Gasteiger partial charge in [0.05, 0.1) is 4.92 Å². The van der Waals surface area contributed by atoms with Crippen LogP contribution >= 0.6 is 0 Å². The molecule has 0 aliphatic carbocycles. The number of nitro benzene ring substituents is 1. The van der Waals surface area contributed by atoms with Crippen LogP contribution in [0.25, 0.3) is 5.69 Å². The monoisotopic (exact) mass is 261 g/mol. The number of aromatic carboxylic acids is 1. The highest BCUT2D eigenvalue weighted by Gasteiger charge is 2.19. The number of nitrogens with zero attached hydrogens (tertiary/aromatic N) is 3. The summed E-state index contributed by atoms with van der Waals surface area (Å²) in [5.74, 6) is -1.16. The lowest BCUT2D eigenvalue weighted by Crippen LogP contribution is -2.04. The molecule has 19 heavy (non-hydrogen) atoms. The zero-order valence-electron chi connectivity index (χ0n) is 10.3. The van der Waals surface area contributed by atoms with Crippen LogP contribution in [0.5, 0.6) is 0 Å². The van der Waals surface area contributed by atoms with Crippen LogP contribution in [0.3, 0.4) is 0 Å². The average Bonchev–Trinajstić information content (AvgIpc) is 2.70. The Balaban J connectivity index is 2.64. The van der Waals surface area contributed by atoms with Crippen LogP contribution in [0.15, 0.2) is 24.4 Å². The average molecular weight is 261 g/mol. The molecule has 0 saturated carbocycles. The minimum atomic E-state index is -1.16.